The smallest absolute Gasteiger partial charge is 0.174 e. The van der Waals surface area contributed by atoms with Gasteiger partial charge in [0.2, 0.25) is 0 Å². The van der Waals surface area contributed by atoms with Crippen molar-refractivity contribution >= 4 is 15.9 Å². The van der Waals surface area contributed by atoms with Crippen LogP contribution in [0.5, 0.6) is 11.5 Å². The van der Waals surface area contributed by atoms with Crippen molar-refractivity contribution in [3.05, 3.63) is 22.2 Å². The molecule has 4 nitrogen and oxygen atoms in total. The van der Waals surface area contributed by atoms with Gasteiger partial charge < -0.3 is 19.5 Å². The zero-order valence-electron chi connectivity index (χ0n) is 12.8. The molecule has 5 heteroatoms. The molecule has 1 rings (SSSR count). The Hall–Kier alpha value is -0.780. The van der Waals surface area contributed by atoms with Gasteiger partial charge in [-0.15, -0.1) is 0 Å². The summed E-state index contributed by atoms with van der Waals surface area (Å²) in [4.78, 5) is 0. The number of methoxy groups -OCH3 is 3. The van der Waals surface area contributed by atoms with Crippen molar-refractivity contribution in [1.82, 2.24) is 5.32 Å². The lowest BCUT2D eigenvalue weighted by Gasteiger charge is -2.22. The van der Waals surface area contributed by atoms with E-state index in [4.69, 9.17) is 14.2 Å². The van der Waals surface area contributed by atoms with E-state index in [1.807, 2.05) is 12.1 Å². The van der Waals surface area contributed by atoms with Gasteiger partial charge in [0.15, 0.2) is 11.5 Å². The molecule has 1 unspecified atom stereocenters. The average molecular weight is 346 g/mol. The molecule has 0 aliphatic rings. The van der Waals surface area contributed by atoms with Gasteiger partial charge in [-0.05, 0) is 39.5 Å². The number of halogens is 1. The van der Waals surface area contributed by atoms with Gasteiger partial charge in [0.25, 0.3) is 0 Å². The number of hydrogen-bond acceptors (Lipinski definition) is 4. The Kier molecular flexibility index (Phi) is 7.34. The first kappa shape index (κ1) is 17.3. The Bertz CT molecular complexity index is 424. The molecule has 1 aromatic rings. The van der Waals surface area contributed by atoms with Crippen molar-refractivity contribution in [2.75, 3.05) is 27.9 Å². The summed E-state index contributed by atoms with van der Waals surface area (Å²) in [7, 11) is 5.00. The van der Waals surface area contributed by atoms with E-state index in [0.29, 0.717) is 24.3 Å². The van der Waals surface area contributed by atoms with Gasteiger partial charge in [0, 0.05) is 19.7 Å². The second kappa shape index (κ2) is 8.49. The molecule has 0 saturated heterocycles. The van der Waals surface area contributed by atoms with E-state index in [9.17, 15) is 0 Å². The molecule has 0 spiro atoms. The van der Waals surface area contributed by atoms with Crippen molar-refractivity contribution in [2.24, 2.45) is 5.92 Å². The quantitative estimate of drug-likeness (QED) is 0.785. The number of rotatable bonds is 8. The summed E-state index contributed by atoms with van der Waals surface area (Å²) in [6.07, 6.45) is 0. The maximum Gasteiger partial charge on any atom is 0.174 e. The van der Waals surface area contributed by atoms with Gasteiger partial charge in [-0.1, -0.05) is 13.8 Å². The van der Waals surface area contributed by atoms with Crippen LogP contribution >= 0.6 is 15.9 Å². The maximum atomic E-state index is 5.35. The van der Waals surface area contributed by atoms with Crippen molar-refractivity contribution in [2.45, 2.75) is 26.4 Å². The Morgan fingerprint density at radius 3 is 2.35 bits per heavy atom. The van der Waals surface area contributed by atoms with E-state index in [1.165, 1.54) is 0 Å². The van der Waals surface area contributed by atoms with E-state index < -0.39 is 0 Å². The van der Waals surface area contributed by atoms with Crippen molar-refractivity contribution < 1.29 is 14.2 Å². The molecule has 0 heterocycles. The molecule has 0 aliphatic heterocycles. The van der Waals surface area contributed by atoms with Gasteiger partial charge in [0.1, 0.15) is 0 Å². The van der Waals surface area contributed by atoms with Gasteiger partial charge in [0.05, 0.1) is 25.3 Å². The van der Waals surface area contributed by atoms with Crippen LogP contribution in [0.3, 0.4) is 0 Å². The van der Waals surface area contributed by atoms with Crippen LogP contribution in [-0.4, -0.2) is 34.0 Å². The van der Waals surface area contributed by atoms with Gasteiger partial charge in [-0.3, -0.25) is 0 Å². The van der Waals surface area contributed by atoms with E-state index in [2.05, 4.69) is 35.1 Å². The van der Waals surface area contributed by atoms with E-state index >= 15 is 0 Å². The fraction of sp³-hybridized carbons (Fsp3) is 0.600. The molecule has 1 N–H and O–H groups in total. The van der Waals surface area contributed by atoms with Crippen LogP contribution < -0.4 is 14.8 Å². The highest BCUT2D eigenvalue weighted by Crippen LogP contribution is 2.36. The zero-order valence-corrected chi connectivity index (χ0v) is 14.4. The van der Waals surface area contributed by atoms with Crippen molar-refractivity contribution in [1.29, 1.82) is 0 Å². The second-order valence-electron chi connectivity index (χ2n) is 5.00. The SMILES string of the molecule is COCC(NCc1cc(Br)c(OC)c(OC)c1)C(C)C. The highest BCUT2D eigenvalue weighted by atomic mass is 79.9. The molecule has 0 aromatic heterocycles. The zero-order chi connectivity index (χ0) is 15.1. The van der Waals surface area contributed by atoms with Crippen LogP contribution in [0.2, 0.25) is 0 Å². The lowest BCUT2D eigenvalue weighted by Crippen LogP contribution is -2.37. The van der Waals surface area contributed by atoms with Gasteiger partial charge in [-0.2, -0.15) is 0 Å². The Morgan fingerprint density at radius 1 is 1.15 bits per heavy atom. The molecule has 1 aromatic carbocycles. The van der Waals surface area contributed by atoms with E-state index in [1.54, 1.807) is 21.3 Å². The molecule has 0 aliphatic carbocycles. The lowest BCUT2D eigenvalue weighted by molar-refractivity contribution is 0.146. The van der Waals surface area contributed by atoms with E-state index in [0.717, 1.165) is 22.3 Å². The first-order valence-corrected chi connectivity index (χ1v) is 7.45. The molecule has 1 atom stereocenters. The summed E-state index contributed by atoms with van der Waals surface area (Å²) < 4.78 is 16.8. The summed E-state index contributed by atoms with van der Waals surface area (Å²) in [6.45, 7) is 5.82. The standard InChI is InChI=1S/C15H24BrNO3/c1-10(2)13(9-18-3)17-8-11-6-12(16)15(20-5)14(7-11)19-4/h6-7,10,13,17H,8-9H2,1-5H3. The first-order chi connectivity index (χ1) is 9.53. The molecule has 0 bridgehead atoms. The average Bonchev–Trinajstić information content (AvgIpc) is 2.42. The predicted molar refractivity (Wildman–Crippen MR) is 84.6 cm³/mol. The minimum Gasteiger partial charge on any atom is -0.493 e. The third-order valence-electron chi connectivity index (χ3n) is 3.21. The van der Waals surface area contributed by atoms with Crippen molar-refractivity contribution in [3.63, 3.8) is 0 Å². The highest BCUT2D eigenvalue weighted by Gasteiger charge is 2.14. The molecule has 0 saturated carbocycles. The Labute approximate surface area is 129 Å². The molecule has 20 heavy (non-hydrogen) atoms. The summed E-state index contributed by atoms with van der Waals surface area (Å²) in [6, 6.07) is 4.35. The molecule has 114 valence electrons. The van der Waals surface area contributed by atoms with Gasteiger partial charge in [-0.25, -0.2) is 0 Å². The number of nitrogens with one attached hydrogen (secondary N) is 1. The second-order valence-corrected chi connectivity index (χ2v) is 5.85. The van der Waals surface area contributed by atoms with Crippen LogP contribution in [-0.2, 0) is 11.3 Å². The highest BCUT2D eigenvalue weighted by molar-refractivity contribution is 9.10. The number of ether oxygens (including phenoxy) is 3. The fourth-order valence-corrected chi connectivity index (χ4v) is 2.64. The summed E-state index contributed by atoms with van der Waals surface area (Å²) in [5, 5.41) is 3.51. The minimum absolute atomic E-state index is 0.326. The van der Waals surface area contributed by atoms with Crippen LogP contribution in [0.1, 0.15) is 19.4 Å². The molecule has 0 radical (unpaired) electrons. The molecule has 0 amide bonds. The predicted octanol–water partition coefficient (Wildman–Crippen LogP) is 3.23. The normalized spacial score (nSPS) is 12.6. The lowest BCUT2D eigenvalue weighted by atomic mass is 10.0. The number of benzene rings is 1. The van der Waals surface area contributed by atoms with Crippen LogP contribution in [0.15, 0.2) is 16.6 Å². The van der Waals surface area contributed by atoms with E-state index in [-0.39, 0.29) is 0 Å². The fourth-order valence-electron chi connectivity index (χ4n) is 1.99. The summed E-state index contributed by atoms with van der Waals surface area (Å²) in [5.41, 5.74) is 1.14. The summed E-state index contributed by atoms with van der Waals surface area (Å²) >= 11 is 3.51. The number of hydrogen-bond donors (Lipinski definition) is 1. The van der Waals surface area contributed by atoms with Crippen molar-refractivity contribution in [3.8, 4) is 11.5 Å². The molecule has 0 fully saturated rings. The monoisotopic (exact) mass is 345 g/mol. The Balaban J connectivity index is 2.80. The van der Waals surface area contributed by atoms with Crippen LogP contribution in [0, 0.1) is 5.92 Å². The largest absolute Gasteiger partial charge is 0.493 e. The summed E-state index contributed by atoms with van der Waals surface area (Å²) in [5.74, 6) is 1.96. The Morgan fingerprint density at radius 2 is 1.85 bits per heavy atom. The van der Waals surface area contributed by atoms with Crippen LogP contribution in [0.4, 0.5) is 0 Å². The first-order valence-electron chi connectivity index (χ1n) is 6.66. The van der Waals surface area contributed by atoms with Gasteiger partial charge >= 0.3 is 0 Å². The molecular formula is C15H24BrNO3. The third-order valence-corrected chi connectivity index (χ3v) is 3.80. The maximum absolute atomic E-state index is 5.35. The minimum atomic E-state index is 0.326. The topological polar surface area (TPSA) is 39.7 Å². The van der Waals surface area contributed by atoms with Crippen LogP contribution in [0.25, 0.3) is 0 Å². The third kappa shape index (κ3) is 4.65. The molecular weight excluding hydrogens is 322 g/mol.